The highest BCUT2D eigenvalue weighted by molar-refractivity contribution is 5.66. The highest BCUT2D eigenvalue weighted by Gasteiger charge is 2.15. The first-order valence-corrected chi connectivity index (χ1v) is 7.50. The zero-order chi connectivity index (χ0) is 16.5. The van der Waals surface area contributed by atoms with Crippen molar-refractivity contribution in [2.45, 2.75) is 26.4 Å². The van der Waals surface area contributed by atoms with Crippen molar-refractivity contribution in [2.24, 2.45) is 5.73 Å². The van der Waals surface area contributed by atoms with Crippen LogP contribution in [0, 0.1) is 0 Å². The number of hydrogen-bond donors (Lipinski definition) is 2. The van der Waals surface area contributed by atoms with Gasteiger partial charge in [0.1, 0.15) is 5.75 Å². The van der Waals surface area contributed by atoms with Gasteiger partial charge in [0.25, 0.3) is 0 Å². The Labute approximate surface area is 132 Å². The van der Waals surface area contributed by atoms with E-state index in [9.17, 15) is 4.79 Å². The number of methoxy groups -OCH3 is 2. The Bertz CT molecular complexity index is 480. The second-order valence-electron chi connectivity index (χ2n) is 5.00. The molecule has 0 saturated carbocycles. The minimum absolute atomic E-state index is 0.223. The van der Waals surface area contributed by atoms with E-state index in [-0.39, 0.29) is 6.04 Å². The Morgan fingerprint density at radius 1 is 1.41 bits per heavy atom. The Morgan fingerprint density at radius 2 is 2.14 bits per heavy atom. The van der Waals surface area contributed by atoms with E-state index in [2.05, 4.69) is 40.9 Å². The smallest absolute Gasteiger partial charge is 0.406 e. The molecule has 0 radical (unpaired) electrons. The Balaban J connectivity index is 2.74. The summed E-state index contributed by atoms with van der Waals surface area (Å²) in [7, 11) is 3.01. The van der Waals surface area contributed by atoms with Gasteiger partial charge in [0.2, 0.25) is 0 Å². The summed E-state index contributed by atoms with van der Waals surface area (Å²) in [5.74, 6) is 0.814. The van der Waals surface area contributed by atoms with Crippen LogP contribution in [0.3, 0.4) is 0 Å². The van der Waals surface area contributed by atoms with Crippen molar-refractivity contribution in [1.82, 2.24) is 10.2 Å². The lowest BCUT2D eigenvalue weighted by Gasteiger charge is -2.28. The highest BCUT2D eigenvalue weighted by atomic mass is 16.5. The second-order valence-corrected chi connectivity index (χ2v) is 5.00. The molecule has 0 bridgehead atoms. The fraction of sp³-hybridized carbons (Fsp3) is 0.562. The van der Waals surface area contributed by atoms with Crippen LogP contribution in [0.25, 0.3) is 0 Å². The van der Waals surface area contributed by atoms with E-state index in [1.165, 1.54) is 12.7 Å². The van der Waals surface area contributed by atoms with Crippen LogP contribution >= 0.6 is 0 Å². The van der Waals surface area contributed by atoms with E-state index >= 15 is 0 Å². The number of likely N-dealkylation sites (N-methyl/N-ethyl adjacent to an activating group) is 1. The van der Waals surface area contributed by atoms with Gasteiger partial charge in [0.05, 0.1) is 14.2 Å². The Morgan fingerprint density at radius 3 is 2.68 bits per heavy atom. The molecule has 124 valence electrons. The molecule has 6 heteroatoms. The van der Waals surface area contributed by atoms with E-state index in [1.54, 1.807) is 7.11 Å². The quantitative estimate of drug-likeness (QED) is 0.767. The average molecular weight is 309 g/mol. The van der Waals surface area contributed by atoms with Gasteiger partial charge in [-0.2, -0.15) is 0 Å². The largest absolute Gasteiger partial charge is 0.496 e. The van der Waals surface area contributed by atoms with Crippen LogP contribution in [-0.4, -0.2) is 44.8 Å². The van der Waals surface area contributed by atoms with Crippen LogP contribution in [0.15, 0.2) is 18.2 Å². The van der Waals surface area contributed by atoms with E-state index < -0.39 is 6.09 Å². The van der Waals surface area contributed by atoms with Crippen LogP contribution in [0.4, 0.5) is 4.79 Å². The molecule has 0 aromatic heterocycles. The lowest BCUT2D eigenvalue weighted by atomic mass is 10.0. The van der Waals surface area contributed by atoms with Crippen molar-refractivity contribution in [3.05, 3.63) is 29.3 Å². The number of amides is 1. The van der Waals surface area contributed by atoms with Gasteiger partial charge >= 0.3 is 6.09 Å². The molecule has 1 rings (SSSR count). The molecule has 0 aliphatic heterocycles. The van der Waals surface area contributed by atoms with Gasteiger partial charge in [-0.15, -0.1) is 0 Å². The fourth-order valence-electron chi connectivity index (χ4n) is 2.43. The fourth-order valence-corrected chi connectivity index (χ4v) is 2.43. The topological polar surface area (TPSA) is 76.8 Å². The molecular formula is C16H27N3O3. The molecule has 1 amide bonds. The van der Waals surface area contributed by atoms with Gasteiger partial charge in [-0.1, -0.05) is 13.0 Å². The number of hydrogen-bond acceptors (Lipinski definition) is 5. The third kappa shape index (κ3) is 4.89. The third-order valence-corrected chi connectivity index (χ3v) is 3.81. The molecule has 6 nitrogen and oxygen atoms in total. The SMILES string of the molecule is CCN(CCNC(=O)OC)C(C)c1ccc(OC)c(CN)c1. The van der Waals surface area contributed by atoms with E-state index in [0.29, 0.717) is 13.1 Å². The van der Waals surface area contributed by atoms with E-state index in [0.717, 1.165) is 24.4 Å². The standard InChI is InChI=1S/C16H27N3O3/c1-5-19(9-8-18-16(20)22-4)12(2)13-6-7-15(21-3)14(10-13)11-17/h6-7,10,12H,5,8-9,11,17H2,1-4H3,(H,18,20). The lowest BCUT2D eigenvalue weighted by molar-refractivity contribution is 0.165. The number of alkyl carbamates (subject to hydrolysis) is 1. The first-order valence-electron chi connectivity index (χ1n) is 7.50. The summed E-state index contributed by atoms with van der Waals surface area (Å²) in [4.78, 5) is 13.4. The second kappa shape index (κ2) is 9.27. The number of nitrogens with one attached hydrogen (secondary N) is 1. The van der Waals surface area contributed by atoms with Crippen LogP contribution in [0.1, 0.15) is 31.0 Å². The van der Waals surface area contributed by atoms with Crippen molar-refractivity contribution in [2.75, 3.05) is 33.9 Å². The van der Waals surface area contributed by atoms with Crippen LogP contribution in [-0.2, 0) is 11.3 Å². The minimum Gasteiger partial charge on any atom is -0.496 e. The van der Waals surface area contributed by atoms with Gasteiger partial charge in [0.15, 0.2) is 0 Å². The molecule has 0 heterocycles. The maximum absolute atomic E-state index is 11.1. The van der Waals surface area contributed by atoms with Crippen molar-refractivity contribution >= 4 is 6.09 Å². The Kier molecular flexibility index (Phi) is 7.70. The minimum atomic E-state index is -0.404. The number of carbonyl (C=O) groups is 1. The van der Waals surface area contributed by atoms with Gasteiger partial charge in [-0.25, -0.2) is 4.79 Å². The van der Waals surface area contributed by atoms with Crippen LogP contribution in [0.5, 0.6) is 5.75 Å². The number of rotatable bonds is 8. The third-order valence-electron chi connectivity index (χ3n) is 3.81. The van der Waals surface area contributed by atoms with Crippen LogP contribution in [0.2, 0.25) is 0 Å². The molecule has 0 saturated heterocycles. The summed E-state index contributed by atoms with van der Waals surface area (Å²) in [5, 5.41) is 2.70. The summed E-state index contributed by atoms with van der Waals surface area (Å²) in [5.41, 5.74) is 7.96. The maximum atomic E-state index is 11.1. The molecule has 0 aliphatic rings. The first-order chi connectivity index (χ1) is 10.6. The zero-order valence-corrected chi connectivity index (χ0v) is 13.9. The number of nitrogens with two attached hydrogens (primary N) is 1. The summed E-state index contributed by atoms with van der Waals surface area (Å²) in [6.07, 6.45) is -0.404. The first kappa shape index (κ1) is 18.3. The molecular weight excluding hydrogens is 282 g/mol. The van der Waals surface area contributed by atoms with Gasteiger partial charge < -0.3 is 20.5 Å². The van der Waals surface area contributed by atoms with Crippen molar-refractivity contribution in [1.29, 1.82) is 0 Å². The average Bonchev–Trinajstić information content (AvgIpc) is 2.57. The summed E-state index contributed by atoms with van der Waals surface area (Å²) in [6, 6.07) is 6.31. The lowest BCUT2D eigenvalue weighted by Crippen LogP contribution is -2.36. The van der Waals surface area contributed by atoms with Crippen molar-refractivity contribution in [3.8, 4) is 5.75 Å². The van der Waals surface area contributed by atoms with Gasteiger partial charge in [0, 0.05) is 31.2 Å². The normalized spacial score (nSPS) is 12.1. The number of carbonyl (C=O) groups excluding carboxylic acids is 1. The molecule has 1 aromatic rings. The molecule has 1 unspecified atom stereocenters. The summed E-state index contributed by atoms with van der Waals surface area (Å²) < 4.78 is 9.88. The predicted molar refractivity (Wildman–Crippen MR) is 87.0 cm³/mol. The molecule has 22 heavy (non-hydrogen) atoms. The monoisotopic (exact) mass is 309 g/mol. The van der Waals surface area contributed by atoms with E-state index in [1.807, 2.05) is 6.07 Å². The Hall–Kier alpha value is -1.79. The number of benzene rings is 1. The number of nitrogens with zero attached hydrogens (tertiary/aromatic N) is 1. The van der Waals surface area contributed by atoms with Gasteiger partial charge in [-0.05, 0) is 31.2 Å². The molecule has 1 aromatic carbocycles. The maximum Gasteiger partial charge on any atom is 0.406 e. The van der Waals surface area contributed by atoms with E-state index in [4.69, 9.17) is 10.5 Å². The molecule has 0 aliphatic carbocycles. The predicted octanol–water partition coefficient (Wildman–Crippen LogP) is 1.89. The number of ether oxygens (including phenoxy) is 2. The molecule has 0 spiro atoms. The molecule has 0 fully saturated rings. The van der Waals surface area contributed by atoms with Crippen molar-refractivity contribution < 1.29 is 14.3 Å². The summed E-state index contributed by atoms with van der Waals surface area (Å²) >= 11 is 0. The van der Waals surface area contributed by atoms with Crippen LogP contribution < -0.4 is 15.8 Å². The van der Waals surface area contributed by atoms with Crippen molar-refractivity contribution in [3.63, 3.8) is 0 Å². The molecule has 3 N–H and O–H groups in total. The summed E-state index contributed by atoms with van der Waals surface area (Å²) in [6.45, 7) is 6.86. The molecule has 1 atom stereocenters. The van der Waals surface area contributed by atoms with Gasteiger partial charge in [-0.3, -0.25) is 4.90 Å². The zero-order valence-electron chi connectivity index (χ0n) is 13.9. The highest BCUT2D eigenvalue weighted by Crippen LogP contribution is 2.26.